The molecule has 1 amide bonds. The van der Waals surface area contributed by atoms with Gasteiger partial charge >= 0.3 is 0 Å². The van der Waals surface area contributed by atoms with Gasteiger partial charge in [-0.1, -0.05) is 88.7 Å². The largest absolute Gasteiger partial charge is 0.490 e. The number of nitrogens with zero attached hydrogens (tertiary/aromatic N) is 2. The average molecular weight is 739 g/mol. The summed E-state index contributed by atoms with van der Waals surface area (Å²) in [5.41, 5.74) is 4.08. The summed E-state index contributed by atoms with van der Waals surface area (Å²) < 4.78 is 14.1. The van der Waals surface area contributed by atoms with Crippen molar-refractivity contribution in [3.8, 4) is 11.5 Å². The molecule has 0 saturated carbocycles. The standard InChI is InChI=1S/C33H28BrIN2O3S/c1-2-39-29-18-26(17-28(35)31(29)40-22-25-13-15-27(34)16-14-25)19-30-32(38)37(21-24-11-7-4-8-12-24)33(41-30)36-20-23-9-5-3-6-10-23/h3-19H,2,20-22H2,1H3/b30-19-,36-33?. The van der Waals surface area contributed by atoms with Crippen LogP contribution in [-0.4, -0.2) is 22.6 Å². The Labute approximate surface area is 266 Å². The van der Waals surface area contributed by atoms with E-state index in [0.717, 1.165) is 30.3 Å². The van der Waals surface area contributed by atoms with Crippen molar-refractivity contribution in [2.24, 2.45) is 4.99 Å². The molecule has 1 fully saturated rings. The first kappa shape index (κ1) is 29.4. The Kier molecular flexibility index (Phi) is 10.2. The molecular formula is C33H28BrIN2O3S. The number of hydrogen-bond acceptors (Lipinski definition) is 5. The molecule has 0 bridgehead atoms. The number of amidine groups is 1. The number of hydrogen-bond donors (Lipinski definition) is 0. The molecule has 1 aliphatic rings. The molecule has 0 spiro atoms. The summed E-state index contributed by atoms with van der Waals surface area (Å²) >= 11 is 7.15. The number of rotatable bonds is 10. The van der Waals surface area contributed by atoms with Crippen molar-refractivity contribution in [2.45, 2.75) is 26.6 Å². The third-order valence-corrected chi connectivity index (χ3v) is 8.61. The third kappa shape index (κ3) is 7.81. The molecule has 0 aliphatic carbocycles. The number of amides is 1. The van der Waals surface area contributed by atoms with E-state index in [0.29, 0.717) is 47.9 Å². The van der Waals surface area contributed by atoms with E-state index in [1.165, 1.54) is 11.8 Å². The van der Waals surface area contributed by atoms with Crippen molar-refractivity contribution in [3.05, 3.63) is 132 Å². The smallest absolute Gasteiger partial charge is 0.267 e. The average Bonchev–Trinajstić information content (AvgIpc) is 3.27. The molecule has 1 saturated heterocycles. The summed E-state index contributed by atoms with van der Waals surface area (Å²) in [5, 5.41) is 0.697. The molecule has 4 aromatic rings. The van der Waals surface area contributed by atoms with Crippen LogP contribution >= 0.6 is 50.3 Å². The van der Waals surface area contributed by atoms with Gasteiger partial charge in [0.25, 0.3) is 5.91 Å². The number of benzene rings is 4. The van der Waals surface area contributed by atoms with Gasteiger partial charge in [0.05, 0.1) is 28.2 Å². The van der Waals surface area contributed by atoms with Crippen LogP contribution in [0.5, 0.6) is 11.5 Å². The lowest BCUT2D eigenvalue weighted by atomic mass is 10.1. The molecule has 5 nitrogen and oxygen atoms in total. The van der Waals surface area contributed by atoms with Crippen molar-refractivity contribution in [1.82, 2.24) is 4.90 Å². The monoisotopic (exact) mass is 738 g/mol. The summed E-state index contributed by atoms with van der Waals surface area (Å²) in [4.78, 5) is 20.9. The first-order chi connectivity index (χ1) is 20.0. The fourth-order valence-electron chi connectivity index (χ4n) is 4.24. The maximum absolute atomic E-state index is 13.7. The maximum atomic E-state index is 13.7. The van der Waals surface area contributed by atoms with Crippen LogP contribution in [0.4, 0.5) is 0 Å². The Morgan fingerprint density at radius 3 is 2.27 bits per heavy atom. The Balaban J connectivity index is 1.42. The van der Waals surface area contributed by atoms with Gasteiger partial charge in [-0.2, -0.15) is 0 Å². The maximum Gasteiger partial charge on any atom is 0.267 e. The minimum absolute atomic E-state index is 0.0609. The van der Waals surface area contributed by atoms with E-state index >= 15 is 0 Å². The molecule has 0 N–H and O–H groups in total. The Morgan fingerprint density at radius 1 is 0.902 bits per heavy atom. The highest BCUT2D eigenvalue weighted by Gasteiger charge is 2.33. The Hall–Kier alpha value is -3.08. The van der Waals surface area contributed by atoms with Gasteiger partial charge in [0.15, 0.2) is 16.7 Å². The zero-order valence-electron chi connectivity index (χ0n) is 22.4. The van der Waals surface area contributed by atoms with Crippen LogP contribution in [0, 0.1) is 3.57 Å². The molecule has 0 atom stereocenters. The molecular weight excluding hydrogens is 711 g/mol. The van der Waals surface area contributed by atoms with E-state index in [9.17, 15) is 4.79 Å². The SMILES string of the molecule is CCOc1cc(/C=C2\SC(=NCc3ccccc3)N(Cc3ccccc3)C2=O)cc(I)c1OCc1ccc(Br)cc1. The number of ether oxygens (including phenoxy) is 2. The molecule has 41 heavy (non-hydrogen) atoms. The predicted octanol–water partition coefficient (Wildman–Crippen LogP) is 8.70. The first-order valence-corrected chi connectivity index (χ1v) is 15.9. The molecule has 208 valence electrons. The van der Waals surface area contributed by atoms with Crippen LogP contribution in [0.1, 0.15) is 29.2 Å². The first-order valence-electron chi connectivity index (χ1n) is 13.2. The van der Waals surface area contributed by atoms with Gasteiger partial charge in [0.1, 0.15) is 6.61 Å². The minimum Gasteiger partial charge on any atom is -0.490 e. The lowest BCUT2D eigenvalue weighted by molar-refractivity contribution is -0.122. The van der Waals surface area contributed by atoms with E-state index in [1.54, 1.807) is 4.90 Å². The summed E-state index contributed by atoms with van der Waals surface area (Å²) in [6.07, 6.45) is 1.92. The summed E-state index contributed by atoms with van der Waals surface area (Å²) in [6.45, 7) is 3.84. The van der Waals surface area contributed by atoms with Gasteiger partial charge in [-0.15, -0.1) is 0 Å². The van der Waals surface area contributed by atoms with Crippen LogP contribution in [0.15, 0.2) is 111 Å². The Bertz CT molecular complexity index is 1560. The van der Waals surface area contributed by atoms with Crippen molar-refractivity contribution in [1.29, 1.82) is 0 Å². The molecule has 0 radical (unpaired) electrons. The lowest BCUT2D eigenvalue weighted by Crippen LogP contribution is -2.28. The molecule has 1 aliphatic heterocycles. The fraction of sp³-hybridized carbons (Fsp3) is 0.152. The van der Waals surface area contributed by atoms with Crippen LogP contribution in [-0.2, 0) is 24.5 Å². The van der Waals surface area contributed by atoms with Gasteiger partial charge in [-0.25, -0.2) is 0 Å². The molecule has 0 unspecified atom stereocenters. The predicted molar refractivity (Wildman–Crippen MR) is 179 cm³/mol. The number of halogens is 2. The normalized spacial score (nSPS) is 15.1. The van der Waals surface area contributed by atoms with E-state index in [-0.39, 0.29) is 5.91 Å². The number of carbonyl (C=O) groups excluding carboxylic acids is 1. The molecule has 5 rings (SSSR count). The summed E-state index contributed by atoms with van der Waals surface area (Å²) in [6, 6.07) is 32.1. The zero-order valence-corrected chi connectivity index (χ0v) is 27.0. The lowest BCUT2D eigenvalue weighted by Gasteiger charge is -2.16. The molecule has 8 heteroatoms. The second-order valence-corrected chi connectivity index (χ2v) is 12.3. The Morgan fingerprint density at radius 2 is 1.59 bits per heavy atom. The second-order valence-electron chi connectivity index (χ2n) is 9.25. The van der Waals surface area contributed by atoms with Gasteiger partial charge in [0.2, 0.25) is 0 Å². The summed E-state index contributed by atoms with van der Waals surface area (Å²) in [7, 11) is 0. The van der Waals surface area contributed by atoms with E-state index < -0.39 is 0 Å². The second kappa shape index (κ2) is 14.2. The minimum atomic E-state index is -0.0609. The molecule has 4 aromatic carbocycles. The topological polar surface area (TPSA) is 51.1 Å². The van der Waals surface area contributed by atoms with Crippen molar-refractivity contribution >= 4 is 67.4 Å². The fourth-order valence-corrected chi connectivity index (χ4v) is 6.26. The molecule has 1 heterocycles. The zero-order chi connectivity index (χ0) is 28.6. The van der Waals surface area contributed by atoms with Gasteiger partial charge < -0.3 is 9.47 Å². The van der Waals surface area contributed by atoms with Crippen molar-refractivity contribution in [3.63, 3.8) is 0 Å². The van der Waals surface area contributed by atoms with Crippen molar-refractivity contribution in [2.75, 3.05) is 6.61 Å². The highest BCUT2D eigenvalue weighted by Crippen LogP contribution is 2.38. The van der Waals surface area contributed by atoms with Gasteiger partial charge in [-0.3, -0.25) is 14.7 Å². The quantitative estimate of drug-likeness (QED) is 0.121. The summed E-state index contributed by atoms with van der Waals surface area (Å²) in [5.74, 6) is 1.28. The number of aliphatic imine (C=N–C) groups is 1. The highest BCUT2D eigenvalue weighted by atomic mass is 127. The van der Waals surface area contributed by atoms with Crippen LogP contribution in [0.3, 0.4) is 0 Å². The van der Waals surface area contributed by atoms with Crippen LogP contribution in [0.2, 0.25) is 0 Å². The molecule has 0 aromatic heterocycles. The van der Waals surface area contributed by atoms with E-state index in [2.05, 4.69) is 38.5 Å². The van der Waals surface area contributed by atoms with Gasteiger partial charge in [0, 0.05) is 4.47 Å². The number of thioether (sulfide) groups is 1. The highest BCUT2D eigenvalue weighted by molar-refractivity contribution is 14.1. The van der Waals surface area contributed by atoms with E-state index in [4.69, 9.17) is 14.5 Å². The van der Waals surface area contributed by atoms with Gasteiger partial charge in [-0.05, 0) is 93.9 Å². The number of carbonyl (C=O) groups is 1. The van der Waals surface area contributed by atoms with Crippen molar-refractivity contribution < 1.29 is 14.3 Å². The third-order valence-electron chi connectivity index (χ3n) is 6.24. The van der Waals surface area contributed by atoms with Crippen LogP contribution < -0.4 is 9.47 Å². The van der Waals surface area contributed by atoms with Crippen LogP contribution in [0.25, 0.3) is 6.08 Å². The van der Waals surface area contributed by atoms with E-state index in [1.807, 2.05) is 110 Å².